The van der Waals surface area contributed by atoms with Crippen molar-refractivity contribution in [3.8, 4) is 23.3 Å². The summed E-state index contributed by atoms with van der Waals surface area (Å²) in [6, 6.07) is 2.21. The summed E-state index contributed by atoms with van der Waals surface area (Å²) in [4.78, 5) is 34.7. The third-order valence-corrected chi connectivity index (χ3v) is 6.10. The lowest BCUT2D eigenvalue weighted by Gasteiger charge is -2.28. The molecular weight excluding hydrogens is 420 g/mol. The van der Waals surface area contributed by atoms with E-state index in [1.807, 2.05) is 6.07 Å². The third kappa shape index (κ3) is 4.37. The van der Waals surface area contributed by atoms with Crippen LogP contribution < -0.4 is 14.4 Å². The van der Waals surface area contributed by atoms with Crippen molar-refractivity contribution in [2.75, 3.05) is 52.5 Å². The molecule has 4 rings (SSSR count). The Bertz CT molecular complexity index is 1100. The fourth-order valence-corrected chi connectivity index (χ4v) is 4.42. The molecule has 11 heteroatoms. The molecule has 0 bridgehead atoms. The predicted octanol–water partition coefficient (Wildman–Crippen LogP) is 1.98. The van der Waals surface area contributed by atoms with E-state index in [0.29, 0.717) is 37.0 Å². The Morgan fingerprint density at radius 3 is 2.68 bits per heavy atom. The van der Waals surface area contributed by atoms with Gasteiger partial charge in [-0.2, -0.15) is 4.98 Å². The van der Waals surface area contributed by atoms with Crippen molar-refractivity contribution in [1.29, 1.82) is 0 Å². The third-order valence-electron chi connectivity index (χ3n) is 4.99. The molecule has 0 aromatic carbocycles. The van der Waals surface area contributed by atoms with E-state index in [1.165, 1.54) is 14.2 Å². The average molecular weight is 445 g/mol. The maximum atomic E-state index is 11.7. The van der Waals surface area contributed by atoms with Crippen LogP contribution in [0.3, 0.4) is 0 Å². The van der Waals surface area contributed by atoms with E-state index >= 15 is 0 Å². The molecule has 1 fully saturated rings. The number of aromatic nitrogens is 4. The van der Waals surface area contributed by atoms with Crippen molar-refractivity contribution >= 4 is 33.3 Å². The minimum atomic E-state index is 0.0118. The molecule has 31 heavy (non-hydrogen) atoms. The minimum absolute atomic E-state index is 0.0118. The molecule has 0 aliphatic carbocycles. The molecule has 3 aromatic heterocycles. The smallest absolute Gasteiger partial charge is 0.319 e. The van der Waals surface area contributed by atoms with Crippen molar-refractivity contribution in [2.45, 2.75) is 13.5 Å². The highest BCUT2D eigenvalue weighted by Crippen LogP contribution is 2.36. The number of morpholine rings is 1. The number of nitrogens with zero attached hydrogens (tertiary/aromatic N) is 6. The fraction of sp³-hybridized carbons (Fsp3) is 0.450. The highest BCUT2D eigenvalue weighted by atomic mass is 32.1. The van der Waals surface area contributed by atoms with Crippen LogP contribution in [0.2, 0.25) is 0 Å². The van der Waals surface area contributed by atoms with E-state index in [4.69, 9.17) is 24.2 Å². The molecular formula is C20H24N6O4S. The zero-order chi connectivity index (χ0) is 22.0. The van der Waals surface area contributed by atoms with Crippen LogP contribution in [0.15, 0.2) is 12.3 Å². The van der Waals surface area contributed by atoms with Gasteiger partial charge < -0.3 is 24.0 Å². The zero-order valence-corrected chi connectivity index (χ0v) is 18.7. The molecule has 4 heterocycles. The van der Waals surface area contributed by atoms with Gasteiger partial charge in [0.25, 0.3) is 0 Å². The van der Waals surface area contributed by atoms with Gasteiger partial charge in [0.05, 0.1) is 44.2 Å². The second-order valence-corrected chi connectivity index (χ2v) is 8.19. The fourth-order valence-electron chi connectivity index (χ4n) is 3.26. The highest BCUT2D eigenvalue weighted by molar-refractivity contribution is 7.19. The molecule has 1 aliphatic rings. The Balaban J connectivity index is 1.84. The first-order valence-electron chi connectivity index (χ1n) is 9.80. The standard InChI is InChI=1S/C20H24N6O4S/c1-12(27)25(2)11-13-9-15-16(31-13)18(26-5-7-30-8-6-26)23-17(22-15)14-10-21-20(29-4)24-19(14)28-3/h9-10H,5-8,11H2,1-4H3. The summed E-state index contributed by atoms with van der Waals surface area (Å²) >= 11 is 1.60. The lowest BCUT2D eigenvalue weighted by Crippen LogP contribution is -2.36. The summed E-state index contributed by atoms with van der Waals surface area (Å²) in [6.07, 6.45) is 1.60. The molecule has 164 valence electrons. The topological polar surface area (TPSA) is 103 Å². The van der Waals surface area contributed by atoms with Crippen LogP contribution in [0.25, 0.3) is 21.6 Å². The Labute approximate surface area is 183 Å². The Morgan fingerprint density at radius 1 is 1.23 bits per heavy atom. The lowest BCUT2D eigenvalue weighted by molar-refractivity contribution is -0.128. The van der Waals surface area contributed by atoms with E-state index in [9.17, 15) is 4.79 Å². The van der Waals surface area contributed by atoms with Crippen LogP contribution in [0.4, 0.5) is 5.82 Å². The van der Waals surface area contributed by atoms with Gasteiger partial charge in [0.2, 0.25) is 11.8 Å². The molecule has 0 unspecified atom stereocenters. The SMILES string of the molecule is COc1ncc(-c2nc(N3CCOCC3)c3sc(CN(C)C(C)=O)cc3n2)c(OC)n1. The quantitative estimate of drug-likeness (QED) is 0.564. The number of methoxy groups -OCH3 is 2. The van der Waals surface area contributed by atoms with Crippen LogP contribution in [0, 0.1) is 0 Å². The number of amides is 1. The predicted molar refractivity (Wildman–Crippen MR) is 117 cm³/mol. The van der Waals surface area contributed by atoms with Crippen molar-refractivity contribution < 1.29 is 19.0 Å². The number of hydrogen-bond donors (Lipinski definition) is 0. The first-order valence-corrected chi connectivity index (χ1v) is 10.6. The highest BCUT2D eigenvalue weighted by Gasteiger charge is 2.22. The maximum absolute atomic E-state index is 11.7. The molecule has 1 saturated heterocycles. The Kier molecular flexibility index (Phi) is 6.14. The second-order valence-electron chi connectivity index (χ2n) is 7.05. The van der Waals surface area contributed by atoms with Gasteiger partial charge in [0.1, 0.15) is 5.56 Å². The second kappa shape index (κ2) is 8.98. The van der Waals surface area contributed by atoms with Crippen LogP contribution in [0.1, 0.15) is 11.8 Å². The van der Waals surface area contributed by atoms with Gasteiger partial charge >= 0.3 is 6.01 Å². The molecule has 10 nitrogen and oxygen atoms in total. The van der Waals surface area contributed by atoms with E-state index < -0.39 is 0 Å². The van der Waals surface area contributed by atoms with E-state index in [0.717, 1.165) is 34.0 Å². The number of anilines is 1. The molecule has 0 saturated carbocycles. The Morgan fingerprint density at radius 2 is 2.00 bits per heavy atom. The normalized spacial score (nSPS) is 14.0. The molecule has 1 aliphatic heterocycles. The van der Waals surface area contributed by atoms with Crippen molar-refractivity contribution in [3.05, 3.63) is 17.1 Å². The summed E-state index contributed by atoms with van der Waals surface area (Å²) in [5.74, 6) is 1.66. The Hall–Kier alpha value is -3.05. The first kappa shape index (κ1) is 21.2. The summed E-state index contributed by atoms with van der Waals surface area (Å²) in [7, 11) is 4.82. The number of rotatable bonds is 6. The van der Waals surface area contributed by atoms with Crippen molar-refractivity contribution in [1.82, 2.24) is 24.8 Å². The van der Waals surface area contributed by atoms with Crippen LogP contribution in [0.5, 0.6) is 11.9 Å². The van der Waals surface area contributed by atoms with Crippen LogP contribution in [-0.2, 0) is 16.1 Å². The first-order chi connectivity index (χ1) is 15.0. The number of thiophene rings is 1. The van der Waals surface area contributed by atoms with Gasteiger partial charge in [0, 0.05) is 38.1 Å². The summed E-state index contributed by atoms with van der Waals surface area (Å²) in [5.41, 5.74) is 1.38. The minimum Gasteiger partial charge on any atom is -0.480 e. The molecule has 0 radical (unpaired) electrons. The van der Waals surface area contributed by atoms with Gasteiger partial charge in [0.15, 0.2) is 11.6 Å². The van der Waals surface area contributed by atoms with E-state index in [2.05, 4.69) is 14.9 Å². The van der Waals surface area contributed by atoms with E-state index in [-0.39, 0.29) is 11.9 Å². The van der Waals surface area contributed by atoms with Gasteiger partial charge in [-0.25, -0.2) is 15.0 Å². The van der Waals surface area contributed by atoms with Crippen LogP contribution >= 0.6 is 11.3 Å². The summed E-state index contributed by atoms with van der Waals surface area (Å²) < 4.78 is 17.0. The van der Waals surface area contributed by atoms with Gasteiger partial charge in [-0.05, 0) is 6.07 Å². The summed E-state index contributed by atoms with van der Waals surface area (Å²) in [5, 5.41) is 0. The molecule has 0 spiro atoms. The lowest BCUT2D eigenvalue weighted by atomic mass is 10.2. The number of carbonyl (C=O) groups is 1. The number of ether oxygens (including phenoxy) is 3. The van der Waals surface area contributed by atoms with Gasteiger partial charge in [-0.3, -0.25) is 4.79 Å². The van der Waals surface area contributed by atoms with Crippen molar-refractivity contribution in [3.63, 3.8) is 0 Å². The number of carbonyl (C=O) groups excluding carboxylic acids is 1. The maximum Gasteiger partial charge on any atom is 0.319 e. The number of hydrogen-bond acceptors (Lipinski definition) is 10. The molecule has 1 amide bonds. The van der Waals surface area contributed by atoms with Crippen molar-refractivity contribution in [2.24, 2.45) is 0 Å². The van der Waals surface area contributed by atoms with Crippen LogP contribution in [-0.4, -0.2) is 78.3 Å². The average Bonchev–Trinajstić information content (AvgIpc) is 3.20. The number of fused-ring (bicyclic) bond motifs is 1. The summed E-state index contributed by atoms with van der Waals surface area (Å²) in [6.45, 7) is 4.83. The largest absolute Gasteiger partial charge is 0.480 e. The van der Waals surface area contributed by atoms with E-state index in [1.54, 1.807) is 36.4 Å². The van der Waals surface area contributed by atoms with Gasteiger partial charge in [-0.15, -0.1) is 11.3 Å². The molecule has 0 N–H and O–H groups in total. The molecule has 0 atom stereocenters. The molecule has 3 aromatic rings. The van der Waals surface area contributed by atoms with Gasteiger partial charge in [-0.1, -0.05) is 0 Å². The monoisotopic (exact) mass is 444 g/mol. The zero-order valence-electron chi connectivity index (χ0n) is 17.9.